The van der Waals surface area contributed by atoms with Crippen LogP contribution in [0, 0.1) is 0 Å². The molecule has 0 radical (unpaired) electrons. The van der Waals surface area contributed by atoms with E-state index < -0.39 is 11.7 Å². The van der Waals surface area contributed by atoms with Crippen LogP contribution in [-0.2, 0) is 9.47 Å². The number of ether oxygens (including phenoxy) is 2. The number of hydrogen-bond donors (Lipinski definition) is 2. The van der Waals surface area contributed by atoms with Crippen molar-refractivity contribution in [2.24, 2.45) is 5.73 Å². The maximum Gasteiger partial charge on any atom is 0.407 e. The monoisotopic (exact) mass is 287 g/mol. The van der Waals surface area contributed by atoms with Crippen molar-refractivity contribution in [1.82, 2.24) is 10.2 Å². The molecule has 6 heteroatoms. The lowest BCUT2D eigenvalue weighted by Crippen LogP contribution is -2.55. The van der Waals surface area contributed by atoms with E-state index in [2.05, 4.69) is 24.1 Å². The third-order valence-electron chi connectivity index (χ3n) is 3.12. The first-order valence-corrected chi connectivity index (χ1v) is 7.27. The molecule has 1 aliphatic heterocycles. The van der Waals surface area contributed by atoms with E-state index in [1.54, 1.807) is 0 Å². The van der Waals surface area contributed by atoms with E-state index in [0.717, 1.165) is 13.1 Å². The molecule has 0 aromatic heterocycles. The number of carbonyl (C=O) groups is 1. The van der Waals surface area contributed by atoms with Gasteiger partial charge in [-0.1, -0.05) is 0 Å². The summed E-state index contributed by atoms with van der Waals surface area (Å²) in [5, 5.41) is 2.79. The van der Waals surface area contributed by atoms with Crippen molar-refractivity contribution < 1.29 is 14.3 Å². The van der Waals surface area contributed by atoms with Gasteiger partial charge in [0.05, 0.1) is 12.2 Å². The highest BCUT2D eigenvalue weighted by atomic mass is 16.6. The van der Waals surface area contributed by atoms with Crippen molar-refractivity contribution in [3.63, 3.8) is 0 Å². The van der Waals surface area contributed by atoms with E-state index in [0.29, 0.717) is 13.1 Å². The minimum Gasteiger partial charge on any atom is -0.444 e. The van der Waals surface area contributed by atoms with Crippen LogP contribution in [0.2, 0.25) is 0 Å². The van der Waals surface area contributed by atoms with Gasteiger partial charge < -0.3 is 20.5 Å². The van der Waals surface area contributed by atoms with E-state index in [1.807, 2.05) is 20.8 Å². The molecule has 0 spiro atoms. The summed E-state index contributed by atoms with van der Waals surface area (Å²) in [5.74, 6) is 0. The average molecular weight is 287 g/mol. The summed E-state index contributed by atoms with van der Waals surface area (Å²) in [5.41, 5.74) is 5.35. The van der Waals surface area contributed by atoms with E-state index in [1.165, 1.54) is 0 Å². The Bertz CT molecular complexity index is 307. The smallest absolute Gasteiger partial charge is 0.407 e. The van der Waals surface area contributed by atoms with Crippen LogP contribution in [0.1, 0.15) is 34.6 Å². The molecular formula is C14H29N3O3. The fraction of sp³-hybridized carbons (Fsp3) is 0.929. The minimum absolute atomic E-state index is 0.108. The Morgan fingerprint density at radius 3 is 2.40 bits per heavy atom. The summed E-state index contributed by atoms with van der Waals surface area (Å²) in [6.45, 7) is 12.3. The van der Waals surface area contributed by atoms with Crippen molar-refractivity contribution in [1.29, 1.82) is 0 Å². The van der Waals surface area contributed by atoms with E-state index >= 15 is 0 Å². The topological polar surface area (TPSA) is 76.8 Å². The quantitative estimate of drug-likeness (QED) is 0.805. The molecule has 1 amide bonds. The minimum atomic E-state index is -0.482. The maximum atomic E-state index is 11.7. The van der Waals surface area contributed by atoms with Crippen molar-refractivity contribution >= 4 is 6.09 Å². The average Bonchev–Trinajstić information content (AvgIpc) is 2.25. The molecule has 20 heavy (non-hydrogen) atoms. The number of nitrogens with two attached hydrogens (primary N) is 1. The van der Waals surface area contributed by atoms with Gasteiger partial charge in [-0.05, 0) is 34.6 Å². The Kier molecular flexibility index (Phi) is 6.23. The maximum absolute atomic E-state index is 11.7. The lowest BCUT2D eigenvalue weighted by Gasteiger charge is -2.39. The number of amides is 1. The Balaban J connectivity index is 2.44. The van der Waals surface area contributed by atoms with Gasteiger partial charge in [-0.15, -0.1) is 0 Å². The van der Waals surface area contributed by atoms with Crippen molar-refractivity contribution in [3.8, 4) is 0 Å². The molecule has 1 saturated heterocycles. The Morgan fingerprint density at radius 2 is 1.95 bits per heavy atom. The molecule has 1 aliphatic rings. The number of alkyl carbamates (subject to hydrolysis) is 1. The summed E-state index contributed by atoms with van der Waals surface area (Å²) < 4.78 is 10.9. The molecule has 3 atom stereocenters. The van der Waals surface area contributed by atoms with Crippen molar-refractivity contribution in [2.75, 3.05) is 26.2 Å². The number of rotatable bonds is 4. The zero-order chi connectivity index (χ0) is 15.3. The zero-order valence-electron chi connectivity index (χ0n) is 13.3. The van der Waals surface area contributed by atoms with E-state index in [9.17, 15) is 4.79 Å². The molecule has 118 valence electrons. The van der Waals surface area contributed by atoms with Crippen LogP contribution in [0.4, 0.5) is 4.79 Å². The Labute approximate surface area is 122 Å². The number of morpholine rings is 1. The zero-order valence-corrected chi connectivity index (χ0v) is 13.3. The third-order valence-corrected chi connectivity index (χ3v) is 3.12. The summed E-state index contributed by atoms with van der Waals surface area (Å²) in [4.78, 5) is 13.9. The van der Waals surface area contributed by atoms with Gasteiger partial charge in [-0.25, -0.2) is 4.79 Å². The fourth-order valence-electron chi connectivity index (χ4n) is 2.39. The number of carbonyl (C=O) groups excluding carboxylic acids is 1. The molecule has 6 nitrogen and oxygen atoms in total. The highest BCUT2D eigenvalue weighted by Gasteiger charge is 2.27. The second-order valence-electron chi connectivity index (χ2n) is 6.48. The van der Waals surface area contributed by atoms with Gasteiger partial charge in [0.25, 0.3) is 0 Å². The van der Waals surface area contributed by atoms with Crippen LogP contribution in [0.3, 0.4) is 0 Å². The van der Waals surface area contributed by atoms with Crippen LogP contribution in [-0.4, -0.2) is 61.0 Å². The van der Waals surface area contributed by atoms with Crippen molar-refractivity contribution in [2.45, 2.75) is 58.5 Å². The van der Waals surface area contributed by atoms with Gasteiger partial charge in [-0.3, -0.25) is 4.90 Å². The van der Waals surface area contributed by atoms with Gasteiger partial charge in [0.15, 0.2) is 0 Å². The van der Waals surface area contributed by atoms with E-state index in [-0.39, 0.29) is 18.2 Å². The van der Waals surface area contributed by atoms with Gasteiger partial charge in [0.2, 0.25) is 0 Å². The van der Waals surface area contributed by atoms with Gasteiger partial charge >= 0.3 is 6.09 Å². The van der Waals surface area contributed by atoms with Crippen LogP contribution in [0.15, 0.2) is 0 Å². The second kappa shape index (κ2) is 7.24. The van der Waals surface area contributed by atoms with Crippen LogP contribution >= 0.6 is 0 Å². The molecule has 0 bridgehead atoms. The first kappa shape index (κ1) is 17.2. The highest BCUT2D eigenvalue weighted by Crippen LogP contribution is 2.13. The first-order valence-electron chi connectivity index (χ1n) is 7.27. The van der Waals surface area contributed by atoms with Gasteiger partial charge in [-0.2, -0.15) is 0 Å². The Morgan fingerprint density at radius 1 is 1.40 bits per heavy atom. The molecule has 1 rings (SSSR count). The summed E-state index contributed by atoms with van der Waals surface area (Å²) in [6.07, 6.45) is -0.0195. The molecule has 0 saturated carbocycles. The molecule has 0 aromatic rings. The lowest BCUT2D eigenvalue weighted by atomic mass is 10.1. The predicted molar refractivity (Wildman–Crippen MR) is 78.7 cm³/mol. The van der Waals surface area contributed by atoms with Crippen molar-refractivity contribution in [3.05, 3.63) is 0 Å². The Hall–Kier alpha value is -0.850. The molecule has 3 N–H and O–H groups in total. The second-order valence-corrected chi connectivity index (χ2v) is 6.48. The van der Waals surface area contributed by atoms with E-state index in [4.69, 9.17) is 15.2 Å². The predicted octanol–water partition coefficient (Wildman–Crippen LogP) is 0.948. The normalized spacial score (nSPS) is 26.1. The van der Waals surface area contributed by atoms with Crippen LogP contribution in [0.25, 0.3) is 0 Å². The molecular weight excluding hydrogens is 258 g/mol. The molecule has 1 fully saturated rings. The lowest BCUT2D eigenvalue weighted by molar-refractivity contribution is -0.0790. The summed E-state index contributed by atoms with van der Waals surface area (Å²) in [6, 6.07) is 0.108. The highest BCUT2D eigenvalue weighted by molar-refractivity contribution is 5.67. The van der Waals surface area contributed by atoms with Crippen LogP contribution < -0.4 is 11.1 Å². The van der Waals surface area contributed by atoms with Gasteiger partial charge in [0, 0.05) is 32.2 Å². The molecule has 0 aromatic carbocycles. The number of hydrogen-bond acceptors (Lipinski definition) is 5. The largest absolute Gasteiger partial charge is 0.444 e. The third kappa shape index (κ3) is 6.07. The molecule has 1 heterocycles. The SMILES string of the molecule is CC1CN(C(CN)CNC(=O)OC(C)(C)C)CC(C)O1. The standard InChI is InChI=1S/C14H29N3O3/c1-10-8-17(9-11(2)19-10)12(6-15)7-16-13(18)20-14(3,4)5/h10-12H,6-9,15H2,1-5H3,(H,16,18). The molecule has 0 aliphatic carbocycles. The summed E-state index contributed by atoms with van der Waals surface area (Å²) in [7, 11) is 0. The number of nitrogens with zero attached hydrogens (tertiary/aromatic N) is 1. The van der Waals surface area contributed by atoms with Crippen LogP contribution in [0.5, 0.6) is 0 Å². The number of nitrogens with one attached hydrogen (secondary N) is 1. The molecule has 3 unspecified atom stereocenters. The van der Waals surface area contributed by atoms with Gasteiger partial charge in [0.1, 0.15) is 5.60 Å². The first-order chi connectivity index (χ1) is 9.21. The fourth-order valence-corrected chi connectivity index (χ4v) is 2.39. The summed E-state index contributed by atoms with van der Waals surface area (Å²) >= 11 is 0.